The third-order valence-electron chi connectivity index (χ3n) is 5.76. The van der Waals surface area contributed by atoms with Crippen molar-refractivity contribution >= 4 is 43.8 Å². The minimum atomic E-state index is -1.49. The lowest BCUT2D eigenvalue weighted by atomic mass is 9.66. The largest absolute Gasteiger partial charge is 0.508 e. The van der Waals surface area contributed by atoms with Crippen LogP contribution in [0.1, 0.15) is 31.2 Å². The Bertz CT molecular complexity index is 712. The maximum Gasteiger partial charge on any atom is 0.451 e. The molecule has 176 valence electrons. The Hall–Kier alpha value is -1.56. The van der Waals surface area contributed by atoms with Crippen LogP contribution in [0, 0.1) is 11.8 Å². The number of hydrogen-bond acceptors (Lipinski definition) is 7. The van der Waals surface area contributed by atoms with E-state index >= 15 is 0 Å². The van der Waals surface area contributed by atoms with Crippen molar-refractivity contribution < 1.29 is 29.9 Å². The van der Waals surface area contributed by atoms with E-state index in [1.54, 1.807) is 12.1 Å². The number of aliphatic carboxylic acids is 1. The quantitative estimate of drug-likeness (QED) is 0.246. The van der Waals surface area contributed by atoms with E-state index in [2.05, 4.69) is 5.32 Å². The highest BCUT2D eigenvalue weighted by atomic mass is 35.5. The number of nitrogens with one attached hydrogen (secondary N) is 1. The number of phenolic OH excluding ortho intramolecular Hbond substituents is 1. The monoisotopic (exact) mass is 479 g/mol. The first-order valence-electron chi connectivity index (χ1n) is 9.81. The van der Waals surface area contributed by atoms with Crippen LogP contribution in [0.3, 0.4) is 0 Å². The molecule has 0 saturated heterocycles. The first kappa shape index (κ1) is 29.4. The normalized spacial score (nSPS) is 23.6. The fourth-order valence-electron chi connectivity index (χ4n) is 3.95. The highest BCUT2D eigenvalue weighted by molar-refractivity contribution is 6.40. The summed E-state index contributed by atoms with van der Waals surface area (Å²) in [6.07, 6.45) is 2.39. The van der Waals surface area contributed by atoms with Gasteiger partial charge in [0.05, 0.1) is 6.04 Å². The van der Waals surface area contributed by atoms with Gasteiger partial charge in [0.25, 0.3) is 0 Å². The molecule has 1 aliphatic carbocycles. The van der Waals surface area contributed by atoms with Crippen LogP contribution in [0.2, 0.25) is 6.32 Å². The average molecular weight is 480 g/mol. The average Bonchev–Trinajstić information content (AvgIpc) is 2.66. The van der Waals surface area contributed by atoms with Gasteiger partial charge in [-0.15, -0.1) is 24.8 Å². The summed E-state index contributed by atoms with van der Waals surface area (Å²) in [6.45, 7) is 0.111. The Kier molecular flexibility index (Phi) is 12.4. The summed E-state index contributed by atoms with van der Waals surface area (Å²) in [7, 11) is -1.42. The zero-order chi connectivity index (χ0) is 21.6. The number of nitrogens with two attached hydrogens (primary N) is 2. The molecule has 4 atom stereocenters. The number of rotatable bonds is 9. The summed E-state index contributed by atoms with van der Waals surface area (Å²) < 4.78 is 0. The van der Waals surface area contributed by atoms with Crippen molar-refractivity contribution in [2.75, 3.05) is 6.54 Å². The molecule has 0 radical (unpaired) electrons. The number of halogens is 2. The summed E-state index contributed by atoms with van der Waals surface area (Å²) in [5.41, 5.74) is 11.5. The zero-order valence-electron chi connectivity index (χ0n) is 17.1. The summed E-state index contributed by atoms with van der Waals surface area (Å²) in [5, 5.41) is 39.8. The van der Waals surface area contributed by atoms with Crippen molar-refractivity contribution in [1.29, 1.82) is 0 Å². The number of amides is 1. The third-order valence-corrected chi connectivity index (χ3v) is 5.76. The number of carboxylic acids is 1. The molecular weight excluding hydrogens is 448 g/mol. The van der Waals surface area contributed by atoms with E-state index in [0.29, 0.717) is 19.3 Å². The van der Waals surface area contributed by atoms with Gasteiger partial charge in [0.1, 0.15) is 11.3 Å². The predicted molar refractivity (Wildman–Crippen MR) is 122 cm³/mol. The molecule has 0 bridgehead atoms. The molecule has 0 spiro atoms. The molecule has 1 aromatic carbocycles. The molecule has 0 heterocycles. The Morgan fingerprint density at radius 2 is 1.81 bits per heavy atom. The Balaban J connectivity index is 0.00000450. The number of hydrogen-bond donors (Lipinski definition) is 7. The maximum atomic E-state index is 12.4. The van der Waals surface area contributed by atoms with Crippen molar-refractivity contribution in [2.45, 2.75) is 50.0 Å². The van der Waals surface area contributed by atoms with Crippen molar-refractivity contribution in [2.24, 2.45) is 23.3 Å². The van der Waals surface area contributed by atoms with Crippen molar-refractivity contribution in [3.05, 3.63) is 29.8 Å². The molecule has 1 amide bonds. The van der Waals surface area contributed by atoms with E-state index < -0.39 is 36.5 Å². The lowest BCUT2D eigenvalue weighted by Gasteiger charge is -2.41. The highest BCUT2D eigenvalue weighted by Crippen LogP contribution is 2.38. The first-order valence-corrected chi connectivity index (χ1v) is 9.81. The second-order valence-electron chi connectivity index (χ2n) is 7.97. The Morgan fingerprint density at radius 3 is 2.35 bits per heavy atom. The minimum Gasteiger partial charge on any atom is -0.508 e. The van der Waals surface area contributed by atoms with Gasteiger partial charge in [-0.2, -0.15) is 0 Å². The fourth-order valence-corrected chi connectivity index (χ4v) is 3.95. The van der Waals surface area contributed by atoms with Crippen LogP contribution in [0.25, 0.3) is 0 Å². The van der Waals surface area contributed by atoms with Crippen LogP contribution in [0.5, 0.6) is 5.75 Å². The van der Waals surface area contributed by atoms with Crippen LogP contribution >= 0.6 is 24.8 Å². The van der Waals surface area contributed by atoms with Crippen LogP contribution in [-0.4, -0.2) is 57.4 Å². The summed E-state index contributed by atoms with van der Waals surface area (Å²) in [4.78, 5) is 24.2. The molecule has 1 aliphatic rings. The second-order valence-corrected chi connectivity index (χ2v) is 7.97. The molecule has 31 heavy (non-hydrogen) atoms. The van der Waals surface area contributed by atoms with Crippen LogP contribution < -0.4 is 16.8 Å². The van der Waals surface area contributed by atoms with Crippen molar-refractivity contribution in [3.63, 3.8) is 0 Å². The summed E-state index contributed by atoms with van der Waals surface area (Å²) in [5.74, 6) is -1.85. The SMILES string of the molecule is Cl.Cl.N[C@@H](Cc1ccc(O)cc1)C(=O)NC[C@@H]1CC[C@@H](CCB(O)O)C[C@]1(N)C(=O)O. The van der Waals surface area contributed by atoms with Crippen LogP contribution in [0.15, 0.2) is 24.3 Å². The molecule has 9 nitrogen and oxygen atoms in total. The number of benzene rings is 1. The van der Waals surface area contributed by atoms with Gasteiger partial charge in [0.15, 0.2) is 0 Å². The molecule has 12 heteroatoms. The smallest absolute Gasteiger partial charge is 0.451 e. The molecule has 0 unspecified atom stereocenters. The number of carboxylic acid groups (broad SMARTS) is 1. The molecule has 9 N–H and O–H groups in total. The maximum absolute atomic E-state index is 12.4. The molecular formula is C19H32BCl2N3O6. The van der Waals surface area contributed by atoms with Gasteiger partial charge in [0.2, 0.25) is 5.91 Å². The van der Waals surface area contributed by atoms with E-state index in [-0.39, 0.29) is 62.2 Å². The van der Waals surface area contributed by atoms with E-state index in [0.717, 1.165) is 5.56 Å². The standard InChI is InChI=1S/C19H30BN3O6.2ClH/c21-16(9-12-2-5-15(24)6-3-12)17(25)23-11-14-4-1-13(7-8-20(28)29)10-19(14,22)18(26)27;;/h2-3,5-6,13-14,16,24,28-29H,1,4,7-11,21-22H2,(H,23,25)(H,26,27);2*1H/t13-,14-,16-,19+;;/m0../s1. The summed E-state index contributed by atoms with van der Waals surface area (Å²) in [6, 6.07) is 5.59. The summed E-state index contributed by atoms with van der Waals surface area (Å²) >= 11 is 0. The topological polar surface area (TPSA) is 179 Å². The molecule has 0 aliphatic heterocycles. The van der Waals surface area contributed by atoms with Crippen LogP contribution in [-0.2, 0) is 16.0 Å². The number of carbonyl (C=O) groups is 2. The Labute approximate surface area is 194 Å². The van der Waals surface area contributed by atoms with Gasteiger partial charge >= 0.3 is 13.1 Å². The minimum absolute atomic E-state index is 0. The van der Waals surface area contributed by atoms with E-state index in [4.69, 9.17) is 21.5 Å². The first-order chi connectivity index (χ1) is 13.6. The van der Waals surface area contributed by atoms with Gasteiger partial charge < -0.3 is 37.0 Å². The third kappa shape index (κ3) is 8.48. The lowest BCUT2D eigenvalue weighted by molar-refractivity contribution is -0.148. The number of aromatic hydroxyl groups is 1. The predicted octanol–water partition coefficient (Wildman–Crippen LogP) is 0.283. The van der Waals surface area contributed by atoms with Crippen molar-refractivity contribution in [3.8, 4) is 5.75 Å². The van der Waals surface area contributed by atoms with Crippen LogP contribution in [0.4, 0.5) is 0 Å². The zero-order valence-corrected chi connectivity index (χ0v) is 18.8. The number of carbonyl (C=O) groups excluding carboxylic acids is 1. The molecule has 0 aromatic heterocycles. The van der Waals surface area contributed by atoms with Gasteiger partial charge in [-0.1, -0.05) is 18.6 Å². The number of phenols is 1. The van der Waals surface area contributed by atoms with Gasteiger partial charge in [-0.3, -0.25) is 9.59 Å². The van der Waals surface area contributed by atoms with Crippen molar-refractivity contribution in [1.82, 2.24) is 5.32 Å². The molecule has 1 aromatic rings. The molecule has 1 saturated carbocycles. The van der Waals surface area contributed by atoms with E-state index in [9.17, 15) is 19.8 Å². The fraction of sp³-hybridized carbons (Fsp3) is 0.579. The van der Waals surface area contributed by atoms with E-state index in [1.165, 1.54) is 12.1 Å². The van der Waals surface area contributed by atoms with Gasteiger partial charge in [0, 0.05) is 12.5 Å². The Morgan fingerprint density at radius 1 is 1.19 bits per heavy atom. The highest BCUT2D eigenvalue weighted by Gasteiger charge is 2.47. The molecule has 2 rings (SSSR count). The second kappa shape index (κ2) is 13.1. The van der Waals surface area contributed by atoms with Gasteiger partial charge in [-0.05, 0) is 55.6 Å². The lowest BCUT2D eigenvalue weighted by Crippen LogP contribution is -2.60. The molecule has 1 fully saturated rings. The van der Waals surface area contributed by atoms with Gasteiger partial charge in [-0.25, -0.2) is 0 Å². The van der Waals surface area contributed by atoms with E-state index in [1.807, 2.05) is 0 Å².